The van der Waals surface area contributed by atoms with Gasteiger partial charge in [-0.1, -0.05) is 59.7 Å². The number of fused-ring (bicyclic) bond motifs is 4. The summed E-state index contributed by atoms with van der Waals surface area (Å²) in [7, 11) is 0. The first-order valence-corrected chi connectivity index (χ1v) is 48.4. The smallest absolute Gasteiger partial charge is 0.233 e. The van der Waals surface area contributed by atoms with Gasteiger partial charge in [0.25, 0.3) is 0 Å². The summed E-state index contributed by atoms with van der Waals surface area (Å²) in [4.78, 5) is 36.8. The van der Waals surface area contributed by atoms with Crippen LogP contribution in [0.15, 0.2) is 98.8 Å². The minimum absolute atomic E-state index is 0.0282. The van der Waals surface area contributed by atoms with Crippen LogP contribution < -0.4 is 31.6 Å². The van der Waals surface area contributed by atoms with E-state index >= 15 is 0 Å². The number of rotatable bonds is 18. The highest BCUT2D eigenvalue weighted by Gasteiger charge is 2.58. The van der Waals surface area contributed by atoms with Crippen LogP contribution >= 0.6 is 0 Å². The Hall–Kier alpha value is -5.06. The first kappa shape index (κ1) is 110. The highest BCUT2D eigenvalue weighted by Crippen LogP contribution is 2.51. The largest absolute Gasteiger partial charge is 0.465 e. The van der Waals surface area contributed by atoms with E-state index in [-0.39, 0.29) is 92.6 Å². The summed E-state index contributed by atoms with van der Waals surface area (Å²) in [5, 5.41) is 42.0. The molecule has 40 heteroatoms. The van der Waals surface area contributed by atoms with Gasteiger partial charge in [-0.25, -0.2) is 19.6 Å². The molecule has 18 saturated heterocycles. The zero-order valence-electron chi connectivity index (χ0n) is 83.6. The fraction of sp³-hybridized carbons (Fsp3) is 0.811. The molecule has 7 N–H and O–H groups in total. The normalized spacial score (nSPS) is 29.7. The molecule has 22 rings (SSSR count). The quantitative estimate of drug-likeness (QED) is 0.0371. The number of aliphatic hydroxyl groups is 2. The van der Waals surface area contributed by atoms with Crippen LogP contribution in [-0.2, 0) is 85.4 Å². The van der Waals surface area contributed by atoms with Crippen molar-refractivity contribution in [1.29, 1.82) is 0 Å². The topological polar surface area (TPSA) is 378 Å². The van der Waals surface area contributed by atoms with E-state index < -0.39 is 5.54 Å². The molecule has 4 aromatic rings. The molecule has 7 atom stereocenters. The van der Waals surface area contributed by atoms with Gasteiger partial charge < -0.3 is 114 Å². The van der Waals surface area contributed by atoms with Crippen LogP contribution in [0.5, 0.6) is 0 Å². The summed E-state index contributed by atoms with van der Waals surface area (Å²) in [5.41, 5.74) is 3.45. The summed E-state index contributed by atoms with van der Waals surface area (Å²) in [6, 6.07) is 22.8. The monoisotopic (exact) mass is 1920 g/mol. The molecule has 18 aliphatic heterocycles. The Morgan fingerprint density at radius 2 is 1.08 bits per heavy atom. The van der Waals surface area contributed by atoms with Crippen molar-refractivity contribution in [2.24, 2.45) is 5.41 Å². The van der Waals surface area contributed by atoms with Gasteiger partial charge in [-0.2, -0.15) is 5.48 Å². The van der Waals surface area contributed by atoms with E-state index in [4.69, 9.17) is 104 Å². The highest BCUT2D eigenvalue weighted by atomic mass is 16.7. The highest BCUT2D eigenvalue weighted by molar-refractivity contribution is 5.46. The summed E-state index contributed by atoms with van der Waals surface area (Å²) < 4.78 is 107. The number of nitrogens with zero attached hydrogens (tertiary/aromatic N) is 10. The molecular weight excluding hydrogens is 1750 g/mol. The maximum Gasteiger partial charge on any atom is 0.233 e. The van der Waals surface area contributed by atoms with Crippen molar-refractivity contribution < 1.29 is 114 Å². The second kappa shape index (κ2) is 52.8. The maximum absolute atomic E-state index is 11.7. The molecule has 21 heterocycles. The average molecular weight is 1920 g/mol. The molecule has 18 fully saturated rings. The third-order valence-corrected chi connectivity index (χ3v) is 27.7. The minimum Gasteiger partial charge on any atom is -0.465 e. The SMILES string of the molecule is C1COCN1.C1OCN2COCC12.CC1(C)COCN1.CC1(C)COCN1CN1COCC1(C)C.CC1(C)CONC1CC(C)(CN1COCC1(C)C)[N+](=O)[O-].CC12COCN1COC2.CCC1(CO)COC(c2ccco2)N1.CCC12COC(c3ccco3)N1C(c1ccco1)OC2.CCC12COCN1COC2.CCC1COCN1.OCCN1CCOC1.c1ccc(N2CCOC2)cc1. The minimum atomic E-state index is -1.03. The van der Waals surface area contributed by atoms with Crippen LogP contribution in [0.3, 0.4) is 0 Å². The Bertz CT molecular complexity index is 3750. The van der Waals surface area contributed by atoms with Crippen LogP contribution in [0, 0.1) is 15.5 Å². The molecule has 1 aromatic carbocycles. The summed E-state index contributed by atoms with van der Waals surface area (Å²) in [5.74, 6) is 2.37. The van der Waals surface area contributed by atoms with E-state index in [1.165, 1.54) is 12.1 Å². The third-order valence-electron chi connectivity index (χ3n) is 27.7. The summed E-state index contributed by atoms with van der Waals surface area (Å²) in [6.45, 7) is 63.4. The number of anilines is 1. The van der Waals surface area contributed by atoms with E-state index in [2.05, 4.69) is 180 Å². The van der Waals surface area contributed by atoms with Gasteiger partial charge in [0.1, 0.15) is 77.9 Å². The molecule has 0 amide bonds. The van der Waals surface area contributed by atoms with E-state index in [1.807, 2.05) is 61.5 Å². The van der Waals surface area contributed by atoms with Gasteiger partial charge in [0, 0.05) is 89.8 Å². The van der Waals surface area contributed by atoms with Crippen molar-refractivity contribution in [2.45, 2.75) is 230 Å². The predicted octanol–water partition coefficient (Wildman–Crippen LogP) is 7.68. The lowest BCUT2D eigenvalue weighted by Gasteiger charge is -2.37. The number of hydroxylamine groups is 1. The fourth-order valence-corrected chi connectivity index (χ4v) is 17.4. The van der Waals surface area contributed by atoms with Crippen molar-refractivity contribution in [1.82, 2.24) is 65.9 Å². The molecule has 0 saturated carbocycles. The fourth-order valence-electron chi connectivity index (χ4n) is 17.4. The van der Waals surface area contributed by atoms with Crippen LogP contribution in [0.1, 0.15) is 179 Å². The van der Waals surface area contributed by atoms with Gasteiger partial charge in [-0.3, -0.25) is 51.0 Å². The molecule has 135 heavy (non-hydrogen) atoms. The van der Waals surface area contributed by atoms with E-state index in [0.717, 1.165) is 229 Å². The molecule has 770 valence electrons. The molecule has 7 unspecified atom stereocenters. The van der Waals surface area contributed by atoms with E-state index in [9.17, 15) is 15.2 Å². The summed E-state index contributed by atoms with van der Waals surface area (Å²) in [6.07, 6.45) is 8.83. The number of para-hydroxylation sites is 1. The zero-order valence-corrected chi connectivity index (χ0v) is 83.6. The predicted molar refractivity (Wildman–Crippen MR) is 502 cm³/mol. The number of nitrogens with one attached hydrogen (secondary N) is 5. The Balaban J connectivity index is 0.000000145. The lowest BCUT2D eigenvalue weighted by molar-refractivity contribution is -0.568. The van der Waals surface area contributed by atoms with Crippen LogP contribution in [0.4, 0.5) is 5.69 Å². The second-order valence-electron chi connectivity index (χ2n) is 40.9. The number of furan rings is 3. The zero-order chi connectivity index (χ0) is 96.7. The molecule has 0 bridgehead atoms. The van der Waals surface area contributed by atoms with Crippen molar-refractivity contribution in [3.8, 4) is 0 Å². The lowest BCUT2D eigenvalue weighted by atomic mass is 9.79. The molecule has 0 radical (unpaired) electrons. The number of hydrogen-bond donors (Lipinski definition) is 7. The second-order valence-corrected chi connectivity index (χ2v) is 40.9. The van der Waals surface area contributed by atoms with Crippen molar-refractivity contribution >= 4 is 5.69 Å². The summed E-state index contributed by atoms with van der Waals surface area (Å²) >= 11 is 0. The van der Waals surface area contributed by atoms with Gasteiger partial charge >= 0.3 is 0 Å². The van der Waals surface area contributed by atoms with E-state index in [0.29, 0.717) is 78.3 Å². The van der Waals surface area contributed by atoms with Gasteiger partial charge in [-0.05, 0) is 137 Å². The van der Waals surface area contributed by atoms with Crippen LogP contribution in [-0.4, -0.2) is 388 Å². The van der Waals surface area contributed by atoms with Crippen molar-refractivity contribution in [2.75, 3.05) is 271 Å². The molecular formula is C95H165N15O25. The first-order chi connectivity index (χ1) is 64.8. The van der Waals surface area contributed by atoms with Gasteiger partial charge in [0.2, 0.25) is 5.54 Å². The van der Waals surface area contributed by atoms with Crippen molar-refractivity contribution in [3.63, 3.8) is 0 Å². The van der Waals surface area contributed by atoms with Crippen molar-refractivity contribution in [3.05, 3.63) is 113 Å². The Morgan fingerprint density at radius 3 is 1.47 bits per heavy atom. The van der Waals surface area contributed by atoms with Gasteiger partial charge in [0.05, 0.1) is 226 Å². The van der Waals surface area contributed by atoms with Crippen LogP contribution in [0.25, 0.3) is 0 Å². The van der Waals surface area contributed by atoms with Gasteiger partial charge in [0.15, 0.2) is 18.7 Å². The standard InChI is InChI=1S/C15H17NO4.C14H27N3O4.C11H22N2O2.C10H15NO3.C9H11NO.C7H13NO2.C6H11NO2.C5H9NO2.C5H11NO2.2C5H11NO.C3H7NO/c1-2-15-9-19-13(11-5-3-7-17-11)16(15)14(20-10-15)12-6-4-8-18-12;1-12(2)8-21-15-11(12)6-14(5,17(18)19)7-16-10-20-9-13(16,3)4;1-10(2)5-14-8-12(10)7-13-9-15-6-11(13,3)4;1-2-10(6-12)7-14-9(11-10)8-4-3-5-13-8;1-2-4-9(5-3-1)10-6-7-11-8-10;1-2-7-3-9-5-8(7)6-10-4-7;1-6-2-8-4-7(6)5-9-3-6;1-5-2-8-4-6(5)3-7-1;7-3-1-6-2-4-8-5-6;1-5(2)3-7-4-6-5;1-2-5-3-7-4-6-5;1-2-5-3-4-1/h3-8,13-14H,2,9-10H2,1H3;11,15H,6-10H2,1-5H3;5-9H2,1-4H3;3-5,9,11-12H,2,6-7H2,1H3;1-5H,6-8H2;2-6H2,1H3;2-5H2,1H3;5H,1-4H2;7H,1-5H2;6H,3-4H2,1-2H3;5-6H,2-4H2,1H3;4H,1-3H2. The molecule has 18 aliphatic rings. The lowest BCUT2D eigenvalue weighted by Crippen LogP contribution is -2.55. The van der Waals surface area contributed by atoms with Crippen LogP contribution in [0.2, 0.25) is 0 Å². The Morgan fingerprint density at radius 1 is 0.511 bits per heavy atom. The number of aliphatic hydroxyl groups excluding tert-OH is 2. The number of β-amino-alcohol motifs (C(OH)–C–C–N with tert-alkyl or cyclic N) is 1. The average Bonchev–Trinajstić information content (AvgIpc) is 1.57. The van der Waals surface area contributed by atoms with E-state index in [1.54, 1.807) is 25.7 Å². The Kier molecular flexibility index (Phi) is 43.1. The first-order valence-electron chi connectivity index (χ1n) is 48.4. The number of ether oxygens (including phenoxy) is 17. The molecule has 40 nitrogen and oxygen atoms in total. The maximum atomic E-state index is 11.7. The molecule has 0 spiro atoms. The molecule has 0 aliphatic carbocycles. The number of benzene rings is 1. The third kappa shape index (κ3) is 31.5. The Labute approximate surface area is 800 Å². The molecule has 3 aromatic heterocycles. The number of nitro groups is 1. The number of hydrogen-bond acceptors (Lipinski definition) is 39. The van der Waals surface area contributed by atoms with Gasteiger partial charge in [-0.15, -0.1) is 0 Å².